The zero-order valence-corrected chi connectivity index (χ0v) is 11.0. The first kappa shape index (κ1) is 12.9. The van der Waals surface area contributed by atoms with Gasteiger partial charge in [0, 0.05) is 11.6 Å². The number of pyridine rings is 1. The molecule has 104 valence electrons. The second-order valence-electron chi connectivity index (χ2n) is 4.46. The van der Waals surface area contributed by atoms with Crippen LogP contribution in [0.15, 0.2) is 54.7 Å². The maximum absolute atomic E-state index is 11.1. The van der Waals surface area contributed by atoms with E-state index in [0.717, 1.165) is 5.39 Å². The van der Waals surface area contributed by atoms with Crippen LogP contribution in [0.2, 0.25) is 0 Å². The molecule has 2 aromatic carbocycles. The Bertz CT molecular complexity index is 825. The molecule has 3 rings (SSSR count). The number of carbonyl (C=O) groups is 1. The monoisotopic (exact) mass is 280 g/mol. The van der Waals surface area contributed by atoms with E-state index in [0.29, 0.717) is 17.0 Å². The molecule has 3 N–H and O–H groups in total. The van der Waals surface area contributed by atoms with Gasteiger partial charge in [-0.1, -0.05) is 24.3 Å². The van der Waals surface area contributed by atoms with Gasteiger partial charge < -0.3 is 15.6 Å². The first-order chi connectivity index (χ1) is 10.2. The van der Waals surface area contributed by atoms with Gasteiger partial charge >= 0.3 is 5.97 Å². The summed E-state index contributed by atoms with van der Waals surface area (Å²) >= 11 is 0. The molecule has 0 aliphatic rings. The second kappa shape index (κ2) is 5.13. The van der Waals surface area contributed by atoms with E-state index < -0.39 is 5.97 Å². The second-order valence-corrected chi connectivity index (χ2v) is 4.46. The van der Waals surface area contributed by atoms with Crippen molar-refractivity contribution in [2.75, 3.05) is 5.73 Å². The summed E-state index contributed by atoms with van der Waals surface area (Å²) in [5, 5.41) is 10.0. The van der Waals surface area contributed by atoms with E-state index in [1.165, 1.54) is 6.07 Å². The molecule has 0 aliphatic carbocycles. The molecule has 0 radical (unpaired) electrons. The van der Waals surface area contributed by atoms with Gasteiger partial charge in [0.25, 0.3) is 0 Å². The van der Waals surface area contributed by atoms with Crippen LogP contribution < -0.4 is 10.5 Å². The van der Waals surface area contributed by atoms with Crippen LogP contribution in [-0.4, -0.2) is 16.1 Å². The maximum Gasteiger partial charge on any atom is 0.337 e. The summed E-state index contributed by atoms with van der Waals surface area (Å²) in [7, 11) is 0. The van der Waals surface area contributed by atoms with Crippen molar-refractivity contribution in [3.8, 4) is 11.5 Å². The highest BCUT2D eigenvalue weighted by Crippen LogP contribution is 2.33. The minimum atomic E-state index is -1.09. The first-order valence-electron chi connectivity index (χ1n) is 6.30. The van der Waals surface area contributed by atoms with Gasteiger partial charge in [0.15, 0.2) is 11.5 Å². The number of benzene rings is 2. The third kappa shape index (κ3) is 2.36. The zero-order chi connectivity index (χ0) is 14.8. The molecule has 1 heterocycles. The third-order valence-electron chi connectivity index (χ3n) is 3.11. The number of hydrogen-bond acceptors (Lipinski definition) is 4. The number of para-hydroxylation sites is 2. The number of carboxylic acid groups (broad SMARTS) is 1. The van der Waals surface area contributed by atoms with Gasteiger partial charge in [-0.15, -0.1) is 0 Å². The fourth-order valence-corrected chi connectivity index (χ4v) is 2.10. The Morgan fingerprint density at radius 1 is 1.05 bits per heavy atom. The summed E-state index contributed by atoms with van der Waals surface area (Å²) in [6, 6.07) is 14.0. The van der Waals surface area contributed by atoms with Gasteiger partial charge in [-0.05, 0) is 24.3 Å². The lowest BCUT2D eigenvalue weighted by Crippen LogP contribution is -2.03. The van der Waals surface area contributed by atoms with Gasteiger partial charge in [0.05, 0.1) is 11.3 Å². The minimum absolute atomic E-state index is 0.0145. The number of carboxylic acids is 1. The molecule has 1 aromatic heterocycles. The number of anilines is 1. The van der Waals surface area contributed by atoms with Gasteiger partial charge in [-0.2, -0.15) is 0 Å². The number of aromatic nitrogens is 1. The zero-order valence-electron chi connectivity index (χ0n) is 11.0. The van der Waals surface area contributed by atoms with Crippen LogP contribution in [0.5, 0.6) is 11.5 Å². The quantitative estimate of drug-likeness (QED) is 0.719. The van der Waals surface area contributed by atoms with E-state index in [1.807, 2.05) is 24.3 Å². The smallest absolute Gasteiger partial charge is 0.337 e. The molecule has 0 unspecified atom stereocenters. The molecule has 0 amide bonds. The van der Waals surface area contributed by atoms with Crippen molar-refractivity contribution < 1.29 is 14.6 Å². The van der Waals surface area contributed by atoms with Crippen LogP contribution in [-0.2, 0) is 0 Å². The largest absolute Gasteiger partial charge is 0.478 e. The van der Waals surface area contributed by atoms with Crippen LogP contribution >= 0.6 is 0 Å². The number of aromatic carboxylic acids is 1. The predicted octanol–water partition coefficient (Wildman–Crippen LogP) is 3.31. The van der Waals surface area contributed by atoms with Gasteiger partial charge in [-0.3, -0.25) is 4.98 Å². The fourth-order valence-electron chi connectivity index (χ4n) is 2.10. The van der Waals surface area contributed by atoms with Crippen LogP contribution in [0.4, 0.5) is 5.69 Å². The van der Waals surface area contributed by atoms with E-state index in [2.05, 4.69) is 4.98 Å². The molecular weight excluding hydrogens is 268 g/mol. The maximum atomic E-state index is 11.1. The molecule has 21 heavy (non-hydrogen) atoms. The number of nitrogens with two attached hydrogens (primary N) is 1. The Labute approximate surface area is 120 Å². The molecular formula is C16H12N2O3. The summed E-state index contributed by atoms with van der Waals surface area (Å²) in [5.41, 5.74) is 6.65. The van der Waals surface area contributed by atoms with Crippen molar-refractivity contribution in [1.82, 2.24) is 4.98 Å². The van der Waals surface area contributed by atoms with Gasteiger partial charge in [0.1, 0.15) is 5.52 Å². The van der Waals surface area contributed by atoms with Crippen LogP contribution in [0.25, 0.3) is 10.9 Å². The average Bonchev–Trinajstić information content (AvgIpc) is 2.49. The average molecular weight is 280 g/mol. The Balaban J connectivity index is 2.07. The minimum Gasteiger partial charge on any atom is -0.478 e. The standard InChI is InChI=1S/C16H12N2O3/c17-14-11(16(19)20)6-2-7-12(14)21-13-8-1-4-10-5-3-9-18-15(10)13/h1-9H,17H2,(H,19,20). The SMILES string of the molecule is Nc1c(Oc2cccc3cccnc23)cccc1C(=O)O. The van der Waals surface area contributed by atoms with Crippen molar-refractivity contribution in [3.05, 3.63) is 60.3 Å². The number of nitrogens with zero attached hydrogens (tertiary/aromatic N) is 1. The molecule has 3 aromatic rings. The van der Waals surface area contributed by atoms with E-state index in [4.69, 9.17) is 15.6 Å². The summed E-state index contributed by atoms with van der Waals surface area (Å²) < 4.78 is 5.76. The molecule has 0 saturated heterocycles. The molecule has 0 aliphatic heterocycles. The summed E-state index contributed by atoms with van der Waals surface area (Å²) in [4.78, 5) is 15.4. The van der Waals surface area contributed by atoms with E-state index in [-0.39, 0.29) is 11.3 Å². The highest BCUT2D eigenvalue weighted by atomic mass is 16.5. The predicted molar refractivity (Wildman–Crippen MR) is 79.6 cm³/mol. The Morgan fingerprint density at radius 2 is 1.76 bits per heavy atom. The molecule has 5 heteroatoms. The molecule has 0 bridgehead atoms. The lowest BCUT2D eigenvalue weighted by molar-refractivity contribution is 0.0697. The fraction of sp³-hybridized carbons (Fsp3) is 0. The highest BCUT2D eigenvalue weighted by molar-refractivity contribution is 5.95. The van der Waals surface area contributed by atoms with Gasteiger partial charge in [-0.25, -0.2) is 4.79 Å². The Morgan fingerprint density at radius 3 is 2.57 bits per heavy atom. The van der Waals surface area contributed by atoms with Crippen molar-refractivity contribution in [1.29, 1.82) is 0 Å². The van der Waals surface area contributed by atoms with Crippen molar-refractivity contribution >= 4 is 22.6 Å². The Hall–Kier alpha value is -3.08. The van der Waals surface area contributed by atoms with Crippen LogP contribution in [0.3, 0.4) is 0 Å². The van der Waals surface area contributed by atoms with E-state index >= 15 is 0 Å². The van der Waals surface area contributed by atoms with Crippen molar-refractivity contribution in [3.63, 3.8) is 0 Å². The topological polar surface area (TPSA) is 85.4 Å². The number of fused-ring (bicyclic) bond motifs is 1. The highest BCUT2D eigenvalue weighted by Gasteiger charge is 2.13. The van der Waals surface area contributed by atoms with Crippen molar-refractivity contribution in [2.24, 2.45) is 0 Å². The van der Waals surface area contributed by atoms with E-state index in [1.54, 1.807) is 24.4 Å². The lowest BCUT2D eigenvalue weighted by atomic mass is 10.1. The third-order valence-corrected chi connectivity index (χ3v) is 3.11. The summed E-state index contributed by atoms with van der Waals surface area (Å²) in [6.07, 6.45) is 1.67. The molecule has 0 fully saturated rings. The number of rotatable bonds is 3. The van der Waals surface area contributed by atoms with Crippen LogP contribution in [0, 0.1) is 0 Å². The number of ether oxygens (including phenoxy) is 1. The Kier molecular flexibility index (Phi) is 3.16. The molecule has 0 atom stereocenters. The lowest BCUT2D eigenvalue weighted by Gasteiger charge is -2.11. The normalized spacial score (nSPS) is 10.5. The van der Waals surface area contributed by atoms with Crippen molar-refractivity contribution in [2.45, 2.75) is 0 Å². The van der Waals surface area contributed by atoms with Crippen LogP contribution in [0.1, 0.15) is 10.4 Å². The van der Waals surface area contributed by atoms with E-state index in [9.17, 15) is 4.79 Å². The molecule has 5 nitrogen and oxygen atoms in total. The number of nitrogen functional groups attached to an aromatic ring is 1. The molecule has 0 saturated carbocycles. The first-order valence-corrected chi connectivity index (χ1v) is 6.30. The summed E-state index contributed by atoms with van der Waals surface area (Å²) in [6.45, 7) is 0. The summed E-state index contributed by atoms with van der Waals surface area (Å²) in [5.74, 6) is -0.260. The van der Waals surface area contributed by atoms with Gasteiger partial charge in [0.2, 0.25) is 0 Å². The number of hydrogen-bond donors (Lipinski definition) is 2. The molecule has 0 spiro atoms.